The molecule has 0 saturated carbocycles. The van der Waals surface area contributed by atoms with Crippen LogP contribution in [0.5, 0.6) is 23.0 Å². The predicted molar refractivity (Wildman–Crippen MR) is 149 cm³/mol. The van der Waals surface area contributed by atoms with Crippen molar-refractivity contribution >= 4 is 11.9 Å². The summed E-state index contributed by atoms with van der Waals surface area (Å²) in [6.07, 6.45) is 0.782. The Bertz CT molecular complexity index is 1260. The molecule has 208 valence electrons. The summed E-state index contributed by atoms with van der Waals surface area (Å²) in [7, 11) is 4.64. The highest BCUT2D eigenvalue weighted by atomic mass is 16.5. The van der Waals surface area contributed by atoms with Gasteiger partial charge in [-0.25, -0.2) is 0 Å². The van der Waals surface area contributed by atoms with E-state index in [1.165, 1.54) is 7.11 Å². The second-order valence-corrected chi connectivity index (χ2v) is 9.57. The lowest BCUT2D eigenvalue weighted by Crippen LogP contribution is -2.31. The van der Waals surface area contributed by atoms with Gasteiger partial charge < -0.3 is 29.4 Å². The molecule has 0 heterocycles. The van der Waals surface area contributed by atoms with Gasteiger partial charge in [-0.15, -0.1) is 0 Å². The highest BCUT2D eigenvalue weighted by Crippen LogP contribution is 2.43. The number of aliphatic carboxylic acids is 1. The van der Waals surface area contributed by atoms with Crippen LogP contribution in [0, 0.1) is 5.92 Å². The smallest absolute Gasteiger partial charge is 0.303 e. The molecule has 0 spiro atoms. The van der Waals surface area contributed by atoms with E-state index in [1.807, 2.05) is 42.5 Å². The number of carbonyl (C=O) groups is 2. The molecule has 1 amide bonds. The molecule has 0 fully saturated rings. The number of ether oxygens (including phenoxy) is 4. The van der Waals surface area contributed by atoms with Crippen molar-refractivity contribution in [3.63, 3.8) is 0 Å². The zero-order valence-electron chi connectivity index (χ0n) is 23.2. The average molecular weight is 536 g/mol. The van der Waals surface area contributed by atoms with E-state index >= 15 is 0 Å². The first-order chi connectivity index (χ1) is 18.8. The molecule has 1 atom stereocenters. The van der Waals surface area contributed by atoms with Gasteiger partial charge in [0.15, 0.2) is 11.5 Å². The number of benzene rings is 3. The molecule has 39 heavy (non-hydrogen) atoms. The number of hydrogen-bond donors (Lipinski definition) is 2. The average Bonchev–Trinajstić information content (AvgIpc) is 2.94. The van der Waals surface area contributed by atoms with Gasteiger partial charge in [0.2, 0.25) is 5.75 Å². The largest absolute Gasteiger partial charge is 0.493 e. The van der Waals surface area contributed by atoms with Gasteiger partial charge in [0, 0.05) is 17.5 Å². The highest BCUT2D eigenvalue weighted by Gasteiger charge is 2.26. The topological polar surface area (TPSA) is 103 Å². The Morgan fingerprint density at radius 1 is 0.897 bits per heavy atom. The molecule has 0 aliphatic heterocycles. The molecule has 0 aliphatic carbocycles. The minimum atomic E-state index is -0.925. The summed E-state index contributed by atoms with van der Waals surface area (Å²) < 4.78 is 22.6. The zero-order chi connectivity index (χ0) is 28.4. The number of rotatable bonds is 14. The number of aryl methyl sites for hydroxylation is 1. The highest BCUT2D eigenvalue weighted by molar-refractivity contribution is 5.96. The van der Waals surface area contributed by atoms with E-state index in [4.69, 9.17) is 18.9 Å². The number of carboxylic acids is 1. The van der Waals surface area contributed by atoms with Crippen LogP contribution in [-0.4, -0.2) is 38.3 Å². The number of nitrogens with one attached hydrogen (secondary N) is 1. The van der Waals surface area contributed by atoms with Crippen LogP contribution in [0.15, 0.2) is 60.7 Å². The van der Waals surface area contributed by atoms with Crippen LogP contribution in [0.3, 0.4) is 0 Å². The molecule has 0 aliphatic rings. The lowest BCUT2D eigenvalue weighted by atomic mass is 9.94. The standard InChI is InChI=1S/C31H37NO7/c1-20(2)17-26(24-14-15-27(36-3)30(38-5)29(24)37-4)32-31(35)25-18-21(11-12-22(25)13-16-28(33)34)19-39-23-9-7-6-8-10-23/h6-12,14-15,18,20,26H,13,16-17,19H2,1-5H3,(H,32,35)(H,33,34). The number of carboxylic acid groups (broad SMARTS) is 1. The van der Waals surface area contributed by atoms with Crippen molar-refractivity contribution in [3.05, 3.63) is 82.9 Å². The number of amides is 1. The SMILES string of the molecule is COc1ccc(C(CC(C)C)NC(=O)c2cc(COc3ccccc3)ccc2CCC(=O)O)c(OC)c1OC. The predicted octanol–water partition coefficient (Wildman–Crippen LogP) is 5.83. The van der Waals surface area contributed by atoms with Crippen molar-refractivity contribution < 1.29 is 33.6 Å². The Kier molecular flexibility index (Phi) is 10.6. The Labute approximate surface area is 229 Å². The van der Waals surface area contributed by atoms with Gasteiger partial charge in [-0.05, 0) is 60.2 Å². The van der Waals surface area contributed by atoms with Crippen LogP contribution < -0.4 is 24.3 Å². The zero-order valence-corrected chi connectivity index (χ0v) is 23.2. The van der Waals surface area contributed by atoms with Gasteiger partial charge in [-0.3, -0.25) is 9.59 Å². The van der Waals surface area contributed by atoms with Crippen LogP contribution in [0.25, 0.3) is 0 Å². The van der Waals surface area contributed by atoms with Crippen molar-refractivity contribution in [2.45, 2.75) is 45.8 Å². The van der Waals surface area contributed by atoms with Crippen LogP contribution in [0.2, 0.25) is 0 Å². The lowest BCUT2D eigenvalue weighted by molar-refractivity contribution is -0.136. The Hall–Kier alpha value is -4.20. The monoisotopic (exact) mass is 535 g/mol. The second kappa shape index (κ2) is 14.1. The third-order valence-corrected chi connectivity index (χ3v) is 6.30. The number of hydrogen-bond acceptors (Lipinski definition) is 6. The van der Waals surface area contributed by atoms with Crippen molar-refractivity contribution in [1.29, 1.82) is 0 Å². The fraction of sp³-hybridized carbons (Fsp3) is 0.355. The summed E-state index contributed by atoms with van der Waals surface area (Å²) in [4.78, 5) is 25.1. The molecular formula is C31H37NO7. The van der Waals surface area contributed by atoms with Gasteiger partial charge in [-0.2, -0.15) is 0 Å². The Balaban J connectivity index is 1.96. The quantitative estimate of drug-likeness (QED) is 0.268. The fourth-order valence-corrected chi connectivity index (χ4v) is 4.44. The fourth-order valence-electron chi connectivity index (χ4n) is 4.44. The Morgan fingerprint density at radius 2 is 1.62 bits per heavy atom. The summed E-state index contributed by atoms with van der Waals surface area (Å²) in [5.41, 5.74) is 2.62. The molecule has 0 radical (unpaired) electrons. The van der Waals surface area contributed by atoms with Gasteiger partial charge in [0.25, 0.3) is 5.91 Å². The molecule has 0 saturated heterocycles. The molecule has 0 bridgehead atoms. The molecule has 1 unspecified atom stereocenters. The van der Waals surface area contributed by atoms with E-state index < -0.39 is 12.0 Å². The first-order valence-electron chi connectivity index (χ1n) is 12.9. The van der Waals surface area contributed by atoms with Crippen molar-refractivity contribution in [2.24, 2.45) is 5.92 Å². The first-order valence-corrected chi connectivity index (χ1v) is 12.9. The maximum absolute atomic E-state index is 13.8. The van der Waals surface area contributed by atoms with Gasteiger partial charge >= 0.3 is 5.97 Å². The normalized spacial score (nSPS) is 11.5. The van der Waals surface area contributed by atoms with Crippen molar-refractivity contribution in [3.8, 4) is 23.0 Å². The third-order valence-electron chi connectivity index (χ3n) is 6.30. The molecule has 0 aromatic heterocycles. The van der Waals surface area contributed by atoms with Crippen LogP contribution in [0.1, 0.15) is 59.8 Å². The minimum absolute atomic E-state index is 0.0843. The minimum Gasteiger partial charge on any atom is -0.493 e. The van der Waals surface area contributed by atoms with E-state index in [-0.39, 0.29) is 31.3 Å². The summed E-state index contributed by atoms with van der Waals surface area (Å²) in [6.45, 7) is 4.42. The van der Waals surface area contributed by atoms with Gasteiger partial charge in [0.1, 0.15) is 12.4 Å². The number of carbonyl (C=O) groups excluding carboxylic acids is 1. The molecule has 3 aromatic rings. The second-order valence-electron chi connectivity index (χ2n) is 9.57. The number of methoxy groups -OCH3 is 3. The first kappa shape index (κ1) is 29.4. The molecule has 8 heteroatoms. The maximum atomic E-state index is 13.8. The lowest BCUT2D eigenvalue weighted by Gasteiger charge is -2.25. The van der Waals surface area contributed by atoms with E-state index in [9.17, 15) is 14.7 Å². The van der Waals surface area contributed by atoms with E-state index in [1.54, 1.807) is 32.4 Å². The van der Waals surface area contributed by atoms with Crippen molar-refractivity contribution in [2.75, 3.05) is 21.3 Å². The molecule has 3 aromatic carbocycles. The maximum Gasteiger partial charge on any atom is 0.303 e. The molecule has 8 nitrogen and oxygen atoms in total. The summed E-state index contributed by atoms with van der Waals surface area (Å²) in [6, 6.07) is 18.1. The van der Waals surface area contributed by atoms with E-state index in [0.29, 0.717) is 34.8 Å². The van der Waals surface area contributed by atoms with Crippen molar-refractivity contribution in [1.82, 2.24) is 5.32 Å². The van der Waals surface area contributed by atoms with E-state index in [0.717, 1.165) is 16.9 Å². The van der Waals surface area contributed by atoms with E-state index in [2.05, 4.69) is 19.2 Å². The van der Waals surface area contributed by atoms with Crippen LogP contribution >= 0.6 is 0 Å². The van der Waals surface area contributed by atoms with Gasteiger partial charge in [0.05, 0.1) is 27.4 Å². The van der Waals surface area contributed by atoms with Gasteiger partial charge in [-0.1, -0.05) is 44.2 Å². The summed E-state index contributed by atoms with van der Waals surface area (Å²) in [5, 5.41) is 12.4. The van der Waals surface area contributed by atoms with Crippen LogP contribution in [0.4, 0.5) is 0 Å². The molecule has 3 rings (SSSR count). The third kappa shape index (κ3) is 7.89. The van der Waals surface area contributed by atoms with Crippen LogP contribution in [-0.2, 0) is 17.8 Å². The Morgan fingerprint density at radius 3 is 2.23 bits per heavy atom. The molecule has 2 N–H and O–H groups in total. The number of para-hydroxylation sites is 1. The summed E-state index contributed by atoms with van der Waals surface area (Å²) in [5.74, 6) is 1.20. The molecular weight excluding hydrogens is 498 g/mol. The summed E-state index contributed by atoms with van der Waals surface area (Å²) >= 11 is 0.